The third kappa shape index (κ3) is 86.5. The lowest BCUT2D eigenvalue weighted by atomic mass is 10.9. The van der Waals surface area contributed by atoms with Gasteiger partial charge in [0.05, 0.1) is 6.61 Å². The third-order valence-electron chi connectivity index (χ3n) is 0.179. The summed E-state index contributed by atoms with van der Waals surface area (Å²) >= 11 is 43.8. The van der Waals surface area contributed by atoms with E-state index < -0.39 is 19.0 Å². The Morgan fingerprint density at radius 3 is 0.857 bits per heavy atom. The van der Waals surface area contributed by atoms with Crippen molar-refractivity contribution in [3.05, 3.63) is 0 Å². The van der Waals surface area contributed by atoms with Crippen LogP contribution in [0, 0.1) is 0 Å². The van der Waals surface area contributed by atoms with E-state index in [9.17, 15) is 0 Å². The molecule has 0 aliphatic heterocycles. The maximum Gasteiger partial charge on any atom is 0.213 e. The molecule has 0 saturated heterocycles. The van der Waals surface area contributed by atoms with E-state index in [1.165, 1.54) is 0 Å². The largest absolute Gasteiger partial charge is 0.392 e. The number of hydrogen-bond acceptors (Lipinski definition) is 1. The molecule has 0 bridgehead atoms. The minimum Gasteiger partial charge on any atom is -0.392 e. The van der Waals surface area contributed by atoms with E-state index in [1.807, 2.05) is 0 Å². The van der Waals surface area contributed by atoms with Gasteiger partial charge < -0.3 is 5.11 Å². The van der Waals surface area contributed by atoms with Gasteiger partial charge in [-0.1, -0.05) is 104 Å². The van der Waals surface area contributed by atoms with Gasteiger partial charge in [-0.25, -0.2) is 0 Å². The van der Waals surface area contributed by atoms with Crippen molar-refractivity contribution in [2.75, 3.05) is 6.61 Å². The fraction of sp³-hybridized carbons (Fsp3) is 1.00. The molecule has 0 atom stereocenters. The third-order valence-corrected chi connectivity index (χ3v) is 0.538. The molecule has 0 heterocycles. The number of aliphatic hydroxyl groups excluding tert-OH is 1. The molecule has 0 fully saturated rings. The van der Waals surface area contributed by atoms with Crippen LogP contribution in [0.4, 0.5) is 0 Å². The van der Waals surface area contributed by atoms with E-state index in [1.54, 1.807) is 0 Å². The van der Waals surface area contributed by atoms with Gasteiger partial charge in [-0.3, -0.25) is 0 Å². The van der Waals surface area contributed by atoms with Crippen LogP contribution in [0.15, 0.2) is 0 Å². The minimum absolute atomic E-state index is 0.433. The highest BCUT2D eigenvalue weighted by atomic mass is 35.6. The maximum atomic E-state index is 8.01. The fourth-order valence-corrected chi connectivity index (χ4v) is 0. The van der Waals surface area contributed by atoms with Gasteiger partial charge in [-0.2, -0.15) is 0 Å². The Kier molecular flexibility index (Phi) is 21.2. The molecule has 0 amide bonds. The molecule has 0 aliphatic carbocycles. The monoisotopic (exact) mass is 384 g/mol. The van der Waals surface area contributed by atoms with Crippen LogP contribution >= 0.6 is 104 Å². The lowest BCUT2D eigenvalue weighted by molar-refractivity contribution is 0.303. The summed E-state index contributed by atoms with van der Waals surface area (Å²) in [7, 11) is 0. The van der Waals surface area contributed by atoms with Crippen molar-refractivity contribution in [3.63, 3.8) is 0 Å². The zero-order valence-corrected chi connectivity index (χ0v) is 13.0. The highest BCUT2D eigenvalue weighted by Crippen LogP contribution is 2.23. The maximum absolute atomic E-state index is 8.01. The van der Waals surface area contributed by atoms with Crippen LogP contribution < -0.4 is 0 Å². The van der Waals surface area contributed by atoms with Crippen LogP contribution in [0.2, 0.25) is 0 Å². The van der Waals surface area contributed by atoms with Gasteiger partial charge in [-0.05, 0) is 0 Å². The number of hydrogen-bond donors (Lipinski definition) is 1. The Morgan fingerprint density at radius 1 is 0.786 bits per heavy atom. The average Bonchev–Trinajstić information content (AvgIpc) is 1.83. The van der Waals surface area contributed by atoms with Gasteiger partial charge in [0.15, 0.2) is 8.59 Å². The second kappa shape index (κ2) is 13.6. The van der Waals surface area contributed by atoms with E-state index in [0.717, 1.165) is 0 Å². The summed E-state index contributed by atoms with van der Waals surface area (Å²) in [6.07, 6.45) is 0. The first-order chi connectivity index (χ1) is 6.02. The van der Waals surface area contributed by atoms with Crippen LogP contribution in [-0.2, 0) is 0 Å². The Morgan fingerprint density at radius 2 is 0.857 bits per heavy atom. The highest BCUT2D eigenvalue weighted by molar-refractivity contribution is 6.67. The van der Waals surface area contributed by atoms with Crippen molar-refractivity contribution in [2.24, 2.45) is 0 Å². The molecule has 0 aromatic heterocycles. The zero-order chi connectivity index (χ0) is 12.4. The molecule has 0 spiro atoms. The van der Waals surface area contributed by atoms with Crippen LogP contribution in [0.1, 0.15) is 0 Å². The van der Waals surface area contributed by atoms with Crippen molar-refractivity contribution < 1.29 is 5.11 Å². The van der Waals surface area contributed by atoms with Crippen LogP contribution in [0.25, 0.3) is 0 Å². The second-order valence-electron chi connectivity index (χ2n) is 1.27. The number of alkyl halides is 9. The van der Waals surface area contributed by atoms with Crippen molar-refractivity contribution in [1.82, 2.24) is 0 Å². The molecular formula is C4H5Cl9O. The predicted octanol–water partition coefficient (Wildman–Crippen LogP) is 5.32. The van der Waals surface area contributed by atoms with Crippen molar-refractivity contribution >= 4 is 104 Å². The first-order valence-corrected chi connectivity index (χ1v) is 6.30. The average molecular weight is 388 g/mol. The molecule has 0 aromatic carbocycles. The van der Waals surface area contributed by atoms with Crippen LogP contribution in [0.5, 0.6) is 0 Å². The van der Waals surface area contributed by atoms with Gasteiger partial charge in [0.1, 0.15) is 0 Å². The van der Waals surface area contributed by atoms with E-state index in [0.29, 0.717) is 0 Å². The van der Waals surface area contributed by atoms with E-state index in [2.05, 4.69) is 0 Å². The zero-order valence-electron chi connectivity index (χ0n) is 6.21. The molecule has 1 nitrogen and oxygen atoms in total. The Bertz CT molecular complexity index is 88.0. The summed E-state index contributed by atoms with van der Waals surface area (Å²) in [5.74, 6) is 0. The molecule has 0 rings (SSSR count). The Balaban J connectivity index is -0.000000135. The normalized spacial score (nSPS) is 10.3. The first kappa shape index (κ1) is 21.8. The van der Waals surface area contributed by atoms with Gasteiger partial charge in [0, 0.05) is 0 Å². The predicted molar refractivity (Wildman–Crippen MR) is 70.1 cm³/mol. The summed E-state index contributed by atoms with van der Waals surface area (Å²) in [6.45, 7) is -0.433. The smallest absolute Gasteiger partial charge is 0.213 e. The molecule has 0 radical (unpaired) electrons. The van der Waals surface area contributed by atoms with Gasteiger partial charge in [0.2, 0.25) is 3.79 Å². The quantitative estimate of drug-likeness (QED) is 0.557. The molecule has 0 saturated carbocycles. The van der Waals surface area contributed by atoms with Gasteiger partial charge in [0.25, 0.3) is 0 Å². The SMILES string of the molecule is ClC(Cl)Cl.ClC(Cl)Cl.OCC(Cl)(Cl)Cl. The van der Waals surface area contributed by atoms with Crippen molar-refractivity contribution in [3.8, 4) is 0 Å². The molecule has 1 N–H and O–H groups in total. The lowest BCUT2D eigenvalue weighted by Crippen LogP contribution is -2.06. The number of rotatable bonds is 0. The van der Waals surface area contributed by atoms with Crippen molar-refractivity contribution in [1.29, 1.82) is 0 Å². The molecule has 0 aromatic rings. The molecule has 90 valence electrons. The minimum atomic E-state index is -1.49. The lowest BCUT2D eigenvalue weighted by Gasteiger charge is -2.01. The second-order valence-corrected chi connectivity index (χ2v) is 7.74. The topological polar surface area (TPSA) is 20.2 Å². The molecule has 14 heavy (non-hydrogen) atoms. The summed E-state index contributed by atoms with van der Waals surface area (Å²) in [4.78, 5) is 0. The summed E-state index contributed by atoms with van der Waals surface area (Å²) in [5, 5.41) is 8.01. The van der Waals surface area contributed by atoms with Gasteiger partial charge >= 0.3 is 0 Å². The standard InChI is InChI=1S/C2H3Cl3O.2CHCl3/c3-2(4,5)1-6;2*2-1(3)4/h6H,1H2;2*1H. The van der Waals surface area contributed by atoms with Crippen LogP contribution in [0.3, 0.4) is 0 Å². The Labute approximate surface area is 127 Å². The first-order valence-electron chi connectivity index (χ1n) is 2.55. The number of aliphatic hydroxyl groups is 1. The summed E-state index contributed by atoms with van der Waals surface area (Å²) in [5.41, 5.74) is 0. The summed E-state index contributed by atoms with van der Waals surface area (Å²) in [6, 6.07) is 0. The molecular weight excluding hydrogens is 383 g/mol. The Hall–Kier alpha value is 2.57. The molecule has 10 heteroatoms. The van der Waals surface area contributed by atoms with Gasteiger partial charge in [-0.15, -0.1) is 0 Å². The molecule has 0 aliphatic rings. The van der Waals surface area contributed by atoms with Crippen molar-refractivity contribution in [2.45, 2.75) is 12.4 Å². The van der Waals surface area contributed by atoms with E-state index >= 15 is 0 Å². The van der Waals surface area contributed by atoms with E-state index in [4.69, 9.17) is 110 Å². The summed E-state index contributed by atoms with van der Waals surface area (Å²) < 4.78 is -2.99. The number of halogens is 9. The fourth-order valence-electron chi connectivity index (χ4n) is 0. The molecule has 0 unspecified atom stereocenters. The van der Waals surface area contributed by atoms with Crippen LogP contribution in [-0.4, -0.2) is 24.1 Å². The van der Waals surface area contributed by atoms with E-state index in [-0.39, 0.29) is 0 Å². The highest BCUT2D eigenvalue weighted by Gasteiger charge is 2.16.